The number of ether oxygens (including phenoxy) is 1. The molecule has 1 atom stereocenters. The van der Waals surface area contributed by atoms with Crippen LogP contribution in [-0.2, 0) is 17.9 Å². The van der Waals surface area contributed by atoms with E-state index in [0.717, 1.165) is 27.8 Å². The lowest BCUT2D eigenvalue weighted by Gasteiger charge is -2.15. The van der Waals surface area contributed by atoms with Gasteiger partial charge in [-0.15, -0.1) is 0 Å². The molecule has 4 aromatic rings. The van der Waals surface area contributed by atoms with Crippen molar-refractivity contribution in [3.05, 3.63) is 100 Å². The Morgan fingerprint density at radius 2 is 1.60 bits per heavy atom. The average Bonchev–Trinajstić information content (AvgIpc) is 2.77. The number of nitrogens with zero attached hydrogens (tertiary/aromatic N) is 2. The summed E-state index contributed by atoms with van der Waals surface area (Å²) in [4.78, 5) is 12.9. The normalized spacial score (nSPS) is 12.2. The summed E-state index contributed by atoms with van der Waals surface area (Å²) < 4.78 is 6.96. The van der Waals surface area contributed by atoms with Gasteiger partial charge in [0.1, 0.15) is 0 Å². The molecule has 5 heteroatoms. The van der Waals surface area contributed by atoms with Crippen molar-refractivity contribution in [2.24, 2.45) is 0 Å². The minimum Gasteiger partial charge on any atom is -0.389 e. The van der Waals surface area contributed by atoms with Gasteiger partial charge < -0.3 is 9.84 Å². The average molecular weight is 400 g/mol. The van der Waals surface area contributed by atoms with Crippen LogP contribution in [0, 0.1) is 6.92 Å². The Hall–Kier alpha value is -3.28. The number of aliphatic hydroxyl groups is 1. The van der Waals surface area contributed by atoms with Gasteiger partial charge in [-0.2, -0.15) is 5.10 Å². The zero-order chi connectivity index (χ0) is 20.9. The highest BCUT2D eigenvalue weighted by molar-refractivity contribution is 5.93. The standard InChI is InChI=1S/C25H24N2O3/c1-18-11-13-20(14-12-18)24-22-9-5-6-10-23(22)25(29)27(26-24)15-21(28)17-30-16-19-7-3-2-4-8-19/h2-14,21,28H,15-17H2,1H3/t21-/m1/s1. The molecule has 0 saturated heterocycles. The van der Waals surface area contributed by atoms with Crippen molar-refractivity contribution in [3.63, 3.8) is 0 Å². The summed E-state index contributed by atoms with van der Waals surface area (Å²) in [6.45, 7) is 2.63. The van der Waals surface area contributed by atoms with Crippen LogP contribution in [0.1, 0.15) is 11.1 Å². The summed E-state index contributed by atoms with van der Waals surface area (Å²) in [7, 11) is 0. The molecule has 0 fully saturated rings. The van der Waals surface area contributed by atoms with E-state index in [4.69, 9.17) is 4.74 Å². The van der Waals surface area contributed by atoms with E-state index < -0.39 is 6.10 Å². The monoisotopic (exact) mass is 400 g/mol. The molecule has 1 aromatic heterocycles. The number of hydrogen-bond acceptors (Lipinski definition) is 4. The van der Waals surface area contributed by atoms with Gasteiger partial charge in [-0.1, -0.05) is 78.4 Å². The zero-order valence-electron chi connectivity index (χ0n) is 16.9. The maximum absolute atomic E-state index is 12.9. The number of rotatable bonds is 7. The van der Waals surface area contributed by atoms with Crippen LogP contribution in [0.15, 0.2) is 83.7 Å². The Balaban J connectivity index is 1.58. The molecule has 1 heterocycles. The molecule has 0 aliphatic rings. The lowest BCUT2D eigenvalue weighted by Crippen LogP contribution is -2.31. The molecule has 5 nitrogen and oxygen atoms in total. The van der Waals surface area contributed by atoms with E-state index in [-0.39, 0.29) is 18.7 Å². The lowest BCUT2D eigenvalue weighted by molar-refractivity contribution is 0.0181. The summed E-state index contributed by atoms with van der Waals surface area (Å²) in [5, 5.41) is 16.4. The van der Waals surface area contributed by atoms with Gasteiger partial charge in [0.15, 0.2) is 0 Å². The number of benzene rings is 3. The SMILES string of the molecule is Cc1ccc(-c2nn(C[C@@H](O)COCc3ccccc3)c(=O)c3ccccc23)cc1. The topological polar surface area (TPSA) is 64.3 Å². The molecule has 0 amide bonds. The van der Waals surface area contributed by atoms with Crippen molar-refractivity contribution in [1.29, 1.82) is 0 Å². The molecule has 1 N–H and O–H groups in total. The molecule has 30 heavy (non-hydrogen) atoms. The molecule has 0 aliphatic carbocycles. The molecular formula is C25H24N2O3. The van der Waals surface area contributed by atoms with Gasteiger partial charge in [0.05, 0.1) is 36.9 Å². The molecule has 152 valence electrons. The second kappa shape index (κ2) is 9.03. The Labute approximate surface area is 175 Å². The maximum atomic E-state index is 12.9. The highest BCUT2D eigenvalue weighted by Crippen LogP contribution is 2.24. The van der Waals surface area contributed by atoms with E-state index in [1.807, 2.05) is 79.7 Å². The van der Waals surface area contributed by atoms with Crippen LogP contribution in [0.25, 0.3) is 22.0 Å². The first-order chi connectivity index (χ1) is 14.6. The third-order valence-corrected chi connectivity index (χ3v) is 5.00. The number of hydrogen-bond donors (Lipinski definition) is 1. The van der Waals surface area contributed by atoms with Gasteiger partial charge in [0.25, 0.3) is 5.56 Å². The fourth-order valence-corrected chi connectivity index (χ4v) is 3.42. The van der Waals surface area contributed by atoms with E-state index in [0.29, 0.717) is 12.0 Å². The van der Waals surface area contributed by atoms with Crippen molar-refractivity contribution >= 4 is 10.8 Å². The van der Waals surface area contributed by atoms with Gasteiger partial charge in [-0.3, -0.25) is 4.79 Å². The molecular weight excluding hydrogens is 376 g/mol. The van der Waals surface area contributed by atoms with Gasteiger partial charge in [0, 0.05) is 10.9 Å². The number of fused-ring (bicyclic) bond motifs is 1. The minimum absolute atomic E-state index is 0.0668. The summed E-state index contributed by atoms with van der Waals surface area (Å²) in [5.41, 5.74) is 3.63. The maximum Gasteiger partial charge on any atom is 0.274 e. The number of aromatic nitrogens is 2. The molecule has 0 unspecified atom stereocenters. The molecule has 3 aromatic carbocycles. The Morgan fingerprint density at radius 1 is 0.933 bits per heavy atom. The third kappa shape index (κ3) is 4.48. The Bertz CT molecular complexity index is 1180. The summed E-state index contributed by atoms with van der Waals surface area (Å²) >= 11 is 0. The van der Waals surface area contributed by atoms with E-state index in [1.165, 1.54) is 4.68 Å². The summed E-state index contributed by atoms with van der Waals surface area (Å²) in [6, 6.07) is 25.3. The predicted molar refractivity (Wildman–Crippen MR) is 118 cm³/mol. The number of aliphatic hydroxyl groups excluding tert-OH is 1. The van der Waals surface area contributed by atoms with Crippen LogP contribution in [0.5, 0.6) is 0 Å². The first-order valence-electron chi connectivity index (χ1n) is 9.98. The third-order valence-electron chi connectivity index (χ3n) is 5.00. The van der Waals surface area contributed by atoms with Gasteiger partial charge in [-0.05, 0) is 18.6 Å². The van der Waals surface area contributed by atoms with Crippen LogP contribution < -0.4 is 5.56 Å². The van der Waals surface area contributed by atoms with Crippen molar-refractivity contribution in [2.75, 3.05) is 6.61 Å². The van der Waals surface area contributed by atoms with Gasteiger partial charge in [0.2, 0.25) is 0 Å². The number of aryl methyl sites for hydroxylation is 1. The van der Waals surface area contributed by atoms with Crippen LogP contribution in [0.3, 0.4) is 0 Å². The Kier molecular flexibility index (Phi) is 6.02. The van der Waals surface area contributed by atoms with Crippen molar-refractivity contribution in [3.8, 4) is 11.3 Å². The minimum atomic E-state index is -0.842. The molecule has 0 aliphatic heterocycles. The fraction of sp³-hybridized carbons (Fsp3) is 0.200. The van der Waals surface area contributed by atoms with Crippen LogP contribution in [0.2, 0.25) is 0 Å². The van der Waals surface area contributed by atoms with E-state index >= 15 is 0 Å². The van der Waals surface area contributed by atoms with Crippen molar-refractivity contribution in [2.45, 2.75) is 26.2 Å². The summed E-state index contributed by atoms with van der Waals surface area (Å²) in [5.74, 6) is 0. The molecule has 0 bridgehead atoms. The van der Waals surface area contributed by atoms with E-state index in [1.54, 1.807) is 6.07 Å². The zero-order valence-corrected chi connectivity index (χ0v) is 16.9. The molecule has 0 radical (unpaired) electrons. The molecule has 0 saturated carbocycles. The van der Waals surface area contributed by atoms with Crippen LogP contribution in [0.4, 0.5) is 0 Å². The Morgan fingerprint density at radius 3 is 2.33 bits per heavy atom. The largest absolute Gasteiger partial charge is 0.389 e. The molecule has 0 spiro atoms. The first kappa shape index (κ1) is 20.0. The quantitative estimate of drug-likeness (QED) is 0.510. The van der Waals surface area contributed by atoms with Crippen LogP contribution in [-0.4, -0.2) is 27.6 Å². The van der Waals surface area contributed by atoms with Gasteiger partial charge >= 0.3 is 0 Å². The van der Waals surface area contributed by atoms with E-state index in [2.05, 4.69) is 5.10 Å². The first-order valence-corrected chi connectivity index (χ1v) is 9.98. The van der Waals surface area contributed by atoms with Crippen molar-refractivity contribution < 1.29 is 9.84 Å². The van der Waals surface area contributed by atoms with Crippen LogP contribution >= 0.6 is 0 Å². The second-order valence-electron chi connectivity index (χ2n) is 7.40. The fourth-order valence-electron chi connectivity index (χ4n) is 3.42. The molecule has 4 rings (SSSR count). The summed E-state index contributed by atoms with van der Waals surface area (Å²) in [6.07, 6.45) is -0.842. The second-order valence-corrected chi connectivity index (χ2v) is 7.40. The smallest absolute Gasteiger partial charge is 0.274 e. The van der Waals surface area contributed by atoms with E-state index in [9.17, 15) is 9.90 Å². The highest BCUT2D eigenvalue weighted by atomic mass is 16.5. The predicted octanol–water partition coefficient (Wildman–Crippen LogP) is 3.95. The highest BCUT2D eigenvalue weighted by Gasteiger charge is 2.15. The van der Waals surface area contributed by atoms with Gasteiger partial charge in [-0.25, -0.2) is 4.68 Å². The van der Waals surface area contributed by atoms with Crippen molar-refractivity contribution in [1.82, 2.24) is 9.78 Å². The lowest BCUT2D eigenvalue weighted by atomic mass is 10.0.